The van der Waals surface area contributed by atoms with Crippen molar-refractivity contribution in [3.05, 3.63) is 64.7 Å². The molecule has 120 valence electrons. The van der Waals surface area contributed by atoms with Crippen LogP contribution in [0.4, 0.5) is 0 Å². The lowest BCUT2D eigenvalue weighted by Crippen LogP contribution is -2.31. The minimum atomic E-state index is 0.167. The summed E-state index contributed by atoms with van der Waals surface area (Å²) in [4.78, 5) is 14.7. The van der Waals surface area contributed by atoms with Crippen molar-refractivity contribution in [1.82, 2.24) is 4.90 Å². The Labute approximate surface area is 141 Å². The zero-order chi connectivity index (χ0) is 16.2. The summed E-state index contributed by atoms with van der Waals surface area (Å²) in [7, 11) is 1.66. The Morgan fingerprint density at radius 2 is 1.87 bits per heavy atom. The first-order valence-corrected chi connectivity index (χ1v) is 8.23. The van der Waals surface area contributed by atoms with Gasteiger partial charge >= 0.3 is 0 Å². The molecule has 4 heteroatoms. The van der Waals surface area contributed by atoms with Crippen molar-refractivity contribution >= 4 is 17.5 Å². The van der Waals surface area contributed by atoms with E-state index in [9.17, 15) is 4.79 Å². The van der Waals surface area contributed by atoms with Crippen LogP contribution in [0.25, 0.3) is 0 Å². The quantitative estimate of drug-likeness (QED) is 0.839. The fourth-order valence-electron chi connectivity index (χ4n) is 3.12. The number of hydrogen-bond donors (Lipinski definition) is 0. The Morgan fingerprint density at radius 3 is 2.52 bits per heavy atom. The van der Waals surface area contributed by atoms with E-state index >= 15 is 0 Å². The van der Waals surface area contributed by atoms with Crippen LogP contribution in [0.2, 0.25) is 5.02 Å². The smallest absolute Gasteiger partial charge is 0.227 e. The molecule has 0 aliphatic carbocycles. The molecule has 0 N–H and O–H groups in total. The van der Waals surface area contributed by atoms with Gasteiger partial charge in [-0.05, 0) is 48.2 Å². The molecule has 23 heavy (non-hydrogen) atoms. The molecule has 2 aromatic rings. The number of likely N-dealkylation sites (tertiary alicyclic amines) is 1. The van der Waals surface area contributed by atoms with Crippen LogP contribution in [0, 0.1) is 0 Å². The summed E-state index contributed by atoms with van der Waals surface area (Å²) in [5.41, 5.74) is 2.17. The Hall–Kier alpha value is -2.00. The number of halogens is 1. The van der Waals surface area contributed by atoms with Crippen molar-refractivity contribution in [2.45, 2.75) is 25.3 Å². The molecule has 1 heterocycles. The van der Waals surface area contributed by atoms with E-state index in [2.05, 4.69) is 12.1 Å². The average Bonchev–Trinajstić information content (AvgIpc) is 3.07. The maximum Gasteiger partial charge on any atom is 0.227 e. The van der Waals surface area contributed by atoms with Crippen LogP contribution in [-0.4, -0.2) is 24.5 Å². The first-order valence-electron chi connectivity index (χ1n) is 7.85. The second-order valence-electron chi connectivity index (χ2n) is 5.82. The van der Waals surface area contributed by atoms with Crippen LogP contribution in [0.3, 0.4) is 0 Å². The highest BCUT2D eigenvalue weighted by Crippen LogP contribution is 2.33. The monoisotopic (exact) mass is 329 g/mol. The summed E-state index contributed by atoms with van der Waals surface area (Å²) < 4.78 is 5.20. The van der Waals surface area contributed by atoms with E-state index in [4.69, 9.17) is 16.3 Å². The van der Waals surface area contributed by atoms with E-state index in [-0.39, 0.29) is 11.9 Å². The second kappa shape index (κ2) is 7.05. The molecular formula is C19H20ClNO2. The minimum absolute atomic E-state index is 0.167. The van der Waals surface area contributed by atoms with Gasteiger partial charge in [0.05, 0.1) is 19.6 Å². The summed E-state index contributed by atoms with van der Waals surface area (Å²) in [5, 5.41) is 0.693. The Bertz CT molecular complexity index is 667. The lowest BCUT2D eigenvalue weighted by molar-refractivity contribution is -0.131. The van der Waals surface area contributed by atoms with Crippen LogP contribution in [0.5, 0.6) is 5.75 Å². The SMILES string of the molecule is COc1ccc([C@@H]2CCCN2C(=O)Cc2ccc(Cl)cc2)cc1. The number of ether oxygens (including phenoxy) is 1. The van der Waals surface area contributed by atoms with Crippen molar-refractivity contribution in [2.24, 2.45) is 0 Å². The highest BCUT2D eigenvalue weighted by atomic mass is 35.5. The number of nitrogens with zero attached hydrogens (tertiary/aromatic N) is 1. The summed E-state index contributed by atoms with van der Waals surface area (Å²) in [5.74, 6) is 1.01. The van der Waals surface area contributed by atoms with E-state index in [0.717, 1.165) is 30.7 Å². The Balaban J connectivity index is 1.72. The van der Waals surface area contributed by atoms with E-state index in [1.807, 2.05) is 41.3 Å². The number of amides is 1. The molecule has 1 aliphatic rings. The van der Waals surface area contributed by atoms with E-state index in [1.54, 1.807) is 7.11 Å². The lowest BCUT2D eigenvalue weighted by atomic mass is 10.0. The maximum absolute atomic E-state index is 12.7. The topological polar surface area (TPSA) is 29.5 Å². The Morgan fingerprint density at radius 1 is 1.17 bits per heavy atom. The highest BCUT2D eigenvalue weighted by molar-refractivity contribution is 6.30. The van der Waals surface area contributed by atoms with Crippen molar-refractivity contribution in [3.8, 4) is 5.75 Å². The Kier molecular flexibility index (Phi) is 4.87. The van der Waals surface area contributed by atoms with Gasteiger partial charge in [0.15, 0.2) is 0 Å². The second-order valence-corrected chi connectivity index (χ2v) is 6.26. The van der Waals surface area contributed by atoms with Gasteiger partial charge in [-0.15, -0.1) is 0 Å². The fraction of sp³-hybridized carbons (Fsp3) is 0.316. The van der Waals surface area contributed by atoms with Crippen LogP contribution >= 0.6 is 11.6 Å². The van der Waals surface area contributed by atoms with Crippen molar-refractivity contribution in [1.29, 1.82) is 0 Å². The number of methoxy groups -OCH3 is 1. The highest BCUT2D eigenvalue weighted by Gasteiger charge is 2.29. The van der Waals surface area contributed by atoms with Crippen molar-refractivity contribution in [2.75, 3.05) is 13.7 Å². The summed E-state index contributed by atoms with van der Waals surface area (Å²) in [6.07, 6.45) is 2.48. The first kappa shape index (κ1) is 15.9. The zero-order valence-electron chi connectivity index (χ0n) is 13.2. The minimum Gasteiger partial charge on any atom is -0.497 e. The average molecular weight is 330 g/mol. The van der Waals surface area contributed by atoms with Gasteiger partial charge in [-0.2, -0.15) is 0 Å². The van der Waals surface area contributed by atoms with Gasteiger partial charge in [0.25, 0.3) is 0 Å². The molecular weight excluding hydrogens is 310 g/mol. The molecule has 2 aromatic carbocycles. The fourth-order valence-corrected chi connectivity index (χ4v) is 3.24. The van der Waals surface area contributed by atoms with Crippen LogP contribution in [0.1, 0.15) is 30.0 Å². The van der Waals surface area contributed by atoms with Crippen LogP contribution < -0.4 is 4.74 Å². The third-order valence-corrected chi connectivity index (χ3v) is 4.59. The number of rotatable bonds is 4. The van der Waals surface area contributed by atoms with Gasteiger partial charge in [-0.3, -0.25) is 4.79 Å². The molecule has 0 unspecified atom stereocenters. The standard InChI is InChI=1S/C19H20ClNO2/c1-23-17-10-6-15(7-11-17)18-3-2-12-21(18)19(22)13-14-4-8-16(20)9-5-14/h4-11,18H,2-3,12-13H2,1H3/t18-/m0/s1. The predicted molar refractivity (Wildman–Crippen MR) is 91.8 cm³/mol. The summed E-state index contributed by atoms with van der Waals surface area (Å²) >= 11 is 5.90. The molecule has 0 saturated carbocycles. The van der Waals surface area contributed by atoms with E-state index in [1.165, 1.54) is 5.56 Å². The molecule has 0 aromatic heterocycles. The van der Waals surface area contributed by atoms with Crippen molar-refractivity contribution < 1.29 is 9.53 Å². The number of carbonyl (C=O) groups is 1. The predicted octanol–water partition coefficient (Wildman–Crippen LogP) is 4.25. The summed E-state index contributed by atoms with van der Waals surface area (Å²) in [6, 6.07) is 15.7. The number of benzene rings is 2. The maximum atomic E-state index is 12.7. The molecule has 0 radical (unpaired) electrons. The lowest BCUT2D eigenvalue weighted by Gasteiger charge is -2.25. The third kappa shape index (κ3) is 3.67. The van der Waals surface area contributed by atoms with Gasteiger partial charge in [0.2, 0.25) is 5.91 Å². The molecule has 1 saturated heterocycles. The molecule has 0 bridgehead atoms. The zero-order valence-corrected chi connectivity index (χ0v) is 13.9. The molecule has 1 atom stereocenters. The molecule has 3 nitrogen and oxygen atoms in total. The van der Waals surface area contributed by atoms with Gasteiger partial charge in [0.1, 0.15) is 5.75 Å². The normalized spacial score (nSPS) is 17.3. The van der Waals surface area contributed by atoms with Gasteiger partial charge in [-0.25, -0.2) is 0 Å². The van der Waals surface area contributed by atoms with E-state index in [0.29, 0.717) is 11.4 Å². The van der Waals surface area contributed by atoms with Gasteiger partial charge < -0.3 is 9.64 Å². The first-order chi connectivity index (χ1) is 11.2. The number of carbonyl (C=O) groups excluding carboxylic acids is 1. The van der Waals surface area contributed by atoms with E-state index < -0.39 is 0 Å². The van der Waals surface area contributed by atoms with Crippen LogP contribution in [0.15, 0.2) is 48.5 Å². The molecule has 3 rings (SSSR count). The van der Waals surface area contributed by atoms with Crippen LogP contribution in [-0.2, 0) is 11.2 Å². The van der Waals surface area contributed by atoms with Gasteiger partial charge in [-0.1, -0.05) is 35.9 Å². The molecule has 1 amide bonds. The number of hydrogen-bond acceptors (Lipinski definition) is 2. The third-order valence-electron chi connectivity index (χ3n) is 4.34. The molecule has 1 aliphatic heterocycles. The van der Waals surface area contributed by atoms with Crippen molar-refractivity contribution in [3.63, 3.8) is 0 Å². The largest absolute Gasteiger partial charge is 0.497 e. The molecule has 0 spiro atoms. The molecule has 1 fully saturated rings. The van der Waals surface area contributed by atoms with Gasteiger partial charge in [0, 0.05) is 11.6 Å². The summed E-state index contributed by atoms with van der Waals surface area (Å²) in [6.45, 7) is 0.823.